The van der Waals surface area contributed by atoms with Crippen molar-refractivity contribution < 1.29 is 18.0 Å². The first-order valence-electron chi connectivity index (χ1n) is 5.38. The fraction of sp³-hybridized carbons (Fsp3) is 0.500. The molecule has 5 nitrogen and oxygen atoms in total. The van der Waals surface area contributed by atoms with Crippen LogP contribution in [0.25, 0.3) is 0 Å². The van der Waals surface area contributed by atoms with E-state index >= 15 is 0 Å². The van der Waals surface area contributed by atoms with Gasteiger partial charge in [-0.2, -0.15) is 13.2 Å². The molecule has 0 radical (unpaired) electrons. The number of anilines is 1. The fourth-order valence-corrected chi connectivity index (χ4v) is 1.27. The van der Waals surface area contributed by atoms with Gasteiger partial charge in [0.1, 0.15) is 5.69 Å². The molecular formula is C10H11F3N4O. The van der Waals surface area contributed by atoms with E-state index < -0.39 is 11.9 Å². The van der Waals surface area contributed by atoms with Crippen LogP contribution >= 0.6 is 0 Å². The van der Waals surface area contributed by atoms with Crippen LogP contribution < -0.4 is 10.6 Å². The molecule has 0 unspecified atom stereocenters. The molecule has 1 fully saturated rings. The van der Waals surface area contributed by atoms with Gasteiger partial charge < -0.3 is 10.6 Å². The van der Waals surface area contributed by atoms with Crippen LogP contribution in [0.4, 0.5) is 19.1 Å². The van der Waals surface area contributed by atoms with Gasteiger partial charge in [-0.05, 0) is 18.9 Å². The summed E-state index contributed by atoms with van der Waals surface area (Å²) in [6, 6.07) is 0.983. The highest BCUT2D eigenvalue weighted by Crippen LogP contribution is 2.27. The van der Waals surface area contributed by atoms with Crippen LogP contribution in [0, 0.1) is 0 Å². The number of carbonyl (C=O) groups excluding carboxylic acids is 1. The van der Waals surface area contributed by atoms with E-state index in [1.54, 1.807) is 0 Å². The van der Waals surface area contributed by atoms with E-state index in [9.17, 15) is 18.0 Å². The molecule has 0 aliphatic heterocycles. The molecule has 1 amide bonds. The van der Waals surface area contributed by atoms with Gasteiger partial charge in [-0.25, -0.2) is 9.97 Å². The van der Waals surface area contributed by atoms with Crippen molar-refractivity contribution >= 4 is 11.9 Å². The number of halogens is 3. The smallest absolute Gasteiger partial charge is 0.352 e. The van der Waals surface area contributed by atoms with Crippen molar-refractivity contribution in [2.45, 2.75) is 25.1 Å². The van der Waals surface area contributed by atoms with E-state index in [1.165, 1.54) is 0 Å². The molecule has 0 saturated heterocycles. The molecule has 1 aromatic rings. The average molecular weight is 260 g/mol. The molecule has 0 atom stereocenters. The van der Waals surface area contributed by atoms with Gasteiger partial charge in [0.2, 0.25) is 11.9 Å². The summed E-state index contributed by atoms with van der Waals surface area (Å²) in [6.07, 6.45) is -1.62. The van der Waals surface area contributed by atoms with Gasteiger partial charge in [0.25, 0.3) is 0 Å². The number of hydrogen-bond acceptors (Lipinski definition) is 4. The van der Waals surface area contributed by atoms with Crippen molar-refractivity contribution in [3.05, 3.63) is 18.0 Å². The maximum absolute atomic E-state index is 12.3. The van der Waals surface area contributed by atoms with E-state index in [4.69, 9.17) is 0 Å². The van der Waals surface area contributed by atoms with Gasteiger partial charge in [-0.1, -0.05) is 0 Å². The minimum absolute atomic E-state index is 0.141. The lowest BCUT2D eigenvalue weighted by Gasteiger charge is -2.08. The number of hydrogen-bond donors (Lipinski definition) is 2. The van der Waals surface area contributed by atoms with Gasteiger partial charge in [-0.15, -0.1) is 0 Å². The summed E-state index contributed by atoms with van der Waals surface area (Å²) >= 11 is 0. The SMILES string of the molecule is O=C(CNc1nccc(C(F)(F)F)n1)NC1CC1. The molecule has 1 aliphatic rings. The number of rotatable bonds is 4. The summed E-state index contributed by atoms with van der Waals surface area (Å²) in [5.41, 5.74) is -1.04. The summed E-state index contributed by atoms with van der Waals surface area (Å²) in [5, 5.41) is 5.15. The molecular weight excluding hydrogens is 249 g/mol. The molecule has 1 heterocycles. The molecule has 0 aromatic carbocycles. The Balaban J connectivity index is 1.90. The van der Waals surface area contributed by atoms with E-state index in [0.717, 1.165) is 25.1 Å². The molecule has 1 saturated carbocycles. The molecule has 0 bridgehead atoms. The summed E-state index contributed by atoms with van der Waals surface area (Å²) in [5.74, 6) is -0.491. The quantitative estimate of drug-likeness (QED) is 0.853. The van der Waals surface area contributed by atoms with Crippen LogP contribution in [0.15, 0.2) is 12.3 Å². The average Bonchev–Trinajstić information content (AvgIpc) is 3.10. The predicted molar refractivity (Wildman–Crippen MR) is 56.7 cm³/mol. The molecule has 0 spiro atoms. The number of amides is 1. The Hall–Kier alpha value is -1.86. The first-order chi connectivity index (χ1) is 8.45. The molecule has 1 aliphatic carbocycles. The van der Waals surface area contributed by atoms with Crippen LogP contribution in [0.1, 0.15) is 18.5 Å². The summed E-state index contributed by atoms with van der Waals surface area (Å²) in [7, 11) is 0. The van der Waals surface area contributed by atoms with Crippen molar-refractivity contribution in [3.63, 3.8) is 0 Å². The van der Waals surface area contributed by atoms with Crippen molar-refractivity contribution in [1.82, 2.24) is 15.3 Å². The van der Waals surface area contributed by atoms with E-state index in [1.807, 2.05) is 0 Å². The number of alkyl halides is 3. The fourth-order valence-electron chi connectivity index (χ4n) is 1.27. The lowest BCUT2D eigenvalue weighted by Crippen LogP contribution is -2.31. The Morgan fingerprint density at radius 3 is 2.78 bits per heavy atom. The van der Waals surface area contributed by atoms with Crippen LogP contribution in [-0.2, 0) is 11.0 Å². The Bertz CT molecular complexity index is 445. The number of nitrogens with zero attached hydrogens (tertiary/aromatic N) is 2. The minimum Gasteiger partial charge on any atom is -0.352 e. The zero-order valence-electron chi connectivity index (χ0n) is 9.29. The van der Waals surface area contributed by atoms with Gasteiger partial charge >= 0.3 is 6.18 Å². The van der Waals surface area contributed by atoms with E-state index in [-0.39, 0.29) is 24.4 Å². The zero-order valence-corrected chi connectivity index (χ0v) is 9.29. The predicted octanol–water partition coefficient (Wildman–Crippen LogP) is 1.19. The number of aromatic nitrogens is 2. The molecule has 98 valence electrons. The van der Waals surface area contributed by atoms with Gasteiger partial charge in [0, 0.05) is 12.2 Å². The third kappa shape index (κ3) is 3.57. The number of carbonyl (C=O) groups is 1. The maximum atomic E-state index is 12.3. The van der Waals surface area contributed by atoms with Crippen LogP contribution in [0.2, 0.25) is 0 Å². The molecule has 8 heteroatoms. The maximum Gasteiger partial charge on any atom is 0.433 e. The normalized spacial score (nSPS) is 15.3. The highest BCUT2D eigenvalue weighted by Gasteiger charge is 2.32. The van der Waals surface area contributed by atoms with Crippen LogP contribution in [0.3, 0.4) is 0 Å². The Kier molecular flexibility index (Phi) is 3.35. The molecule has 18 heavy (non-hydrogen) atoms. The Morgan fingerprint density at radius 1 is 1.44 bits per heavy atom. The molecule has 1 aromatic heterocycles. The summed E-state index contributed by atoms with van der Waals surface area (Å²) in [4.78, 5) is 18.2. The van der Waals surface area contributed by atoms with Crippen molar-refractivity contribution in [2.24, 2.45) is 0 Å². The second-order valence-electron chi connectivity index (χ2n) is 3.96. The van der Waals surface area contributed by atoms with Crippen molar-refractivity contribution in [3.8, 4) is 0 Å². The topological polar surface area (TPSA) is 66.9 Å². The summed E-state index contributed by atoms with van der Waals surface area (Å²) in [6.45, 7) is -0.141. The highest BCUT2D eigenvalue weighted by atomic mass is 19.4. The first-order valence-corrected chi connectivity index (χ1v) is 5.38. The second-order valence-corrected chi connectivity index (χ2v) is 3.96. The standard InChI is InChI=1S/C10H11F3N4O/c11-10(12,13)7-3-4-14-9(17-7)15-5-8(18)16-6-1-2-6/h3-4,6H,1-2,5H2,(H,16,18)(H,14,15,17). The monoisotopic (exact) mass is 260 g/mol. The van der Waals surface area contributed by atoms with E-state index in [0.29, 0.717) is 0 Å². The molecule has 2 N–H and O–H groups in total. The van der Waals surface area contributed by atoms with Gasteiger partial charge in [0.05, 0.1) is 6.54 Å². The highest BCUT2D eigenvalue weighted by molar-refractivity contribution is 5.80. The third-order valence-electron chi connectivity index (χ3n) is 2.30. The van der Waals surface area contributed by atoms with Gasteiger partial charge in [-0.3, -0.25) is 4.79 Å². The largest absolute Gasteiger partial charge is 0.433 e. The lowest BCUT2D eigenvalue weighted by atomic mass is 10.4. The van der Waals surface area contributed by atoms with Crippen LogP contribution in [-0.4, -0.2) is 28.5 Å². The second kappa shape index (κ2) is 4.79. The summed E-state index contributed by atoms with van der Waals surface area (Å²) < 4.78 is 37.0. The molecule has 2 rings (SSSR count). The van der Waals surface area contributed by atoms with Gasteiger partial charge in [0.15, 0.2) is 0 Å². The Labute approximate surface area is 101 Å². The third-order valence-corrected chi connectivity index (χ3v) is 2.30. The lowest BCUT2D eigenvalue weighted by molar-refractivity contribution is -0.141. The van der Waals surface area contributed by atoms with Crippen molar-refractivity contribution in [1.29, 1.82) is 0 Å². The van der Waals surface area contributed by atoms with Crippen LogP contribution in [0.5, 0.6) is 0 Å². The number of nitrogens with one attached hydrogen (secondary N) is 2. The van der Waals surface area contributed by atoms with Crippen molar-refractivity contribution in [2.75, 3.05) is 11.9 Å². The Morgan fingerprint density at radius 2 is 2.17 bits per heavy atom. The minimum atomic E-state index is -4.52. The van der Waals surface area contributed by atoms with E-state index in [2.05, 4.69) is 20.6 Å². The first kappa shape index (κ1) is 12.6. The zero-order chi connectivity index (χ0) is 13.2.